The number of hydrazone groups is 1. The van der Waals surface area contributed by atoms with Crippen molar-refractivity contribution in [3.8, 4) is 5.75 Å². The molecule has 1 aromatic heterocycles. The molecule has 3 aromatic carbocycles. The number of piperazine rings is 1. The monoisotopic (exact) mass is 412 g/mol. The molecule has 5 heteroatoms. The number of hydrogen-bond acceptors (Lipinski definition) is 4. The van der Waals surface area contributed by atoms with Gasteiger partial charge in [-0.2, -0.15) is 5.10 Å². The van der Waals surface area contributed by atoms with Gasteiger partial charge in [-0.1, -0.05) is 36.4 Å². The molecule has 5 nitrogen and oxygen atoms in total. The van der Waals surface area contributed by atoms with Gasteiger partial charge in [-0.25, -0.2) is 0 Å². The zero-order valence-corrected chi connectivity index (χ0v) is 18.2. The van der Waals surface area contributed by atoms with E-state index in [0.717, 1.165) is 49.7 Å². The van der Waals surface area contributed by atoms with Crippen molar-refractivity contribution in [2.24, 2.45) is 5.10 Å². The standard InChI is InChI=1S/C26H28N4O/c1-3-30-23-9-5-4-8-21(23)22-18-20(12-13-24(22)30)19-27-29-16-14-28(15-17-29)25-10-6-7-11-26(25)31-2/h4-13,18-19H,3,14-17H2,1-2H3/b27-19+. The molecule has 1 aliphatic heterocycles. The fraction of sp³-hybridized carbons (Fsp3) is 0.269. The highest BCUT2D eigenvalue weighted by atomic mass is 16.5. The lowest BCUT2D eigenvalue weighted by Crippen LogP contribution is -2.44. The number of rotatable bonds is 5. The Morgan fingerprint density at radius 2 is 1.61 bits per heavy atom. The van der Waals surface area contributed by atoms with Gasteiger partial charge in [-0.05, 0) is 42.8 Å². The van der Waals surface area contributed by atoms with Gasteiger partial charge < -0.3 is 14.2 Å². The number of fused-ring (bicyclic) bond motifs is 3. The molecule has 2 heterocycles. The highest BCUT2D eigenvalue weighted by Crippen LogP contribution is 2.30. The molecule has 0 bridgehead atoms. The maximum atomic E-state index is 5.52. The molecule has 0 N–H and O–H groups in total. The summed E-state index contributed by atoms with van der Waals surface area (Å²) in [7, 11) is 1.73. The minimum atomic E-state index is 0.895. The molecule has 0 unspecified atom stereocenters. The Balaban J connectivity index is 1.33. The first-order chi connectivity index (χ1) is 15.3. The van der Waals surface area contributed by atoms with Crippen molar-refractivity contribution in [3.05, 3.63) is 72.3 Å². The van der Waals surface area contributed by atoms with Gasteiger partial charge in [0.05, 0.1) is 32.1 Å². The second-order valence-corrected chi connectivity index (χ2v) is 7.90. The largest absolute Gasteiger partial charge is 0.495 e. The highest BCUT2D eigenvalue weighted by molar-refractivity contribution is 6.09. The average molecular weight is 413 g/mol. The van der Waals surface area contributed by atoms with Gasteiger partial charge in [-0.15, -0.1) is 0 Å². The van der Waals surface area contributed by atoms with Gasteiger partial charge in [0.1, 0.15) is 5.75 Å². The van der Waals surface area contributed by atoms with Crippen LogP contribution in [0, 0.1) is 0 Å². The first-order valence-corrected chi connectivity index (χ1v) is 11.0. The number of benzene rings is 3. The fourth-order valence-corrected chi connectivity index (χ4v) is 4.58. The van der Waals surface area contributed by atoms with Crippen molar-refractivity contribution in [2.75, 3.05) is 38.2 Å². The lowest BCUT2D eigenvalue weighted by molar-refractivity contribution is 0.271. The van der Waals surface area contributed by atoms with E-state index in [4.69, 9.17) is 9.84 Å². The van der Waals surface area contributed by atoms with E-state index in [1.165, 1.54) is 21.8 Å². The number of aromatic nitrogens is 1. The summed E-state index contributed by atoms with van der Waals surface area (Å²) in [6.07, 6.45) is 2.00. The summed E-state index contributed by atoms with van der Waals surface area (Å²) in [4.78, 5) is 2.37. The van der Waals surface area contributed by atoms with E-state index >= 15 is 0 Å². The molecule has 0 aliphatic carbocycles. The quantitative estimate of drug-likeness (QED) is 0.434. The van der Waals surface area contributed by atoms with E-state index in [9.17, 15) is 0 Å². The minimum absolute atomic E-state index is 0.895. The third-order valence-corrected chi connectivity index (χ3v) is 6.16. The van der Waals surface area contributed by atoms with Crippen LogP contribution in [0.25, 0.3) is 21.8 Å². The number of aryl methyl sites for hydroxylation is 1. The van der Waals surface area contributed by atoms with Crippen LogP contribution in [-0.4, -0.2) is 49.1 Å². The third-order valence-electron chi connectivity index (χ3n) is 6.16. The Morgan fingerprint density at radius 1 is 0.871 bits per heavy atom. The van der Waals surface area contributed by atoms with E-state index in [0.29, 0.717) is 0 Å². The number of hydrogen-bond donors (Lipinski definition) is 0. The maximum absolute atomic E-state index is 5.52. The topological polar surface area (TPSA) is 33.0 Å². The number of para-hydroxylation sites is 3. The second-order valence-electron chi connectivity index (χ2n) is 7.90. The predicted molar refractivity (Wildman–Crippen MR) is 129 cm³/mol. The summed E-state index contributed by atoms with van der Waals surface area (Å²) in [6.45, 7) is 6.82. The van der Waals surface area contributed by atoms with Crippen LogP contribution in [0.2, 0.25) is 0 Å². The van der Waals surface area contributed by atoms with Crippen LogP contribution in [0.5, 0.6) is 5.75 Å². The molecular weight excluding hydrogens is 384 g/mol. The number of nitrogens with zero attached hydrogens (tertiary/aromatic N) is 4. The molecule has 0 atom stereocenters. The van der Waals surface area contributed by atoms with Crippen LogP contribution >= 0.6 is 0 Å². The molecule has 0 radical (unpaired) electrons. The molecule has 0 spiro atoms. The van der Waals surface area contributed by atoms with E-state index in [1.807, 2.05) is 18.3 Å². The predicted octanol–water partition coefficient (Wildman–Crippen LogP) is 4.98. The maximum Gasteiger partial charge on any atom is 0.142 e. The van der Waals surface area contributed by atoms with E-state index in [2.05, 4.69) is 76.0 Å². The summed E-state index contributed by atoms with van der Waals surface area (Å²) in [6, 6.07) is 23.5. The zero-order chi connectivity index (χ0) is 21.2. The van der Waals surface area contributed by atoms with Crippen molar-refractivity contribution in [3.63, 3.8) is 0 Å². The summed E-state index contributed by atoms with van der Waals surface area (Å²) < 4.78 is 7.90. The van der Waals surface area contributed by atoms with Crippen molar-refractivity contribution in [1.82, 2.24) is 9.58 Å². The summed E-state index contributed by atoms with van der Waals surface area (Å²) in [5.41, 5.74) is 4.87. The molecule has 1 saturated heterocycles. The summed E-state index contributed by atoms with van der Waals surface area (Å²) >= 11 is 0. The van der Waals surface area contributed by atoms with Gasteiger partial charge in [-0.3, -0.25) is 5.01 Å². The lowest BCUT2D eigenvalue weighted by Gasteiger charge is -2.35. The molecule has 5 rings (SSSR count). The number of anilines is 1. The average Bonchev–Trinajstić information content (AvgIpc) is 3.16. The lowest BCUT2D eigenvalue weighted by atomic mass is 10.1. The van der Waals surface area contributed by atoms with Gasteiger partial charge in [0.2, 0.25) is 0 Å². The molecule has 31 heavy (non-hydrogen) atoms. The van der Waals surface area contributed by atoms with Gasteiger partial charge in [0, 0.05) is 41.4 Å². The molecular formula is C26H28N4O. The van der Waals surface area contributed by atoms with Crippen LogP contribution < -0.4 is 9.64 Å². The molecule has 158 valence electrons. The smallest absolute Gasteiger partial charge is 0.142 e. The SMILES string of the molecule is CCn1c2ccccc2c2cc(/C=N/N3CCN(c4ccccc4OC)CC3)ccc21. The fourth-order valence-electron chi connectivity index (χ4n) is 4.58. The first-order valence-electron chi connectivity index (χ1n) is 11.0. The molecule has 4 aromatic rings. The number of ether oxygens (including phenoxy) is 1. The Bertz CT molecular complexity index is 1230. The van der Waals surface area contributed by atoms with Crippen LogP contribution in [0.3, 0.4) is 0 Å². The van der Waals surface area contributed by atoms with E-state index in [-0.39, 0.29) is 0 Å². The first kappa shape index (κ1) is 19.5. The Hall–Kier alpha value is -3.47. The molecule has 1 fully saturated rings. The van der Waals surface area contributed by atoms with Crippen LogP contribution in [0.1, 0.15) is 12.5 Å². The van der Waals surface area contributed by atoms with Gasteiger partial charge >= 0.3 is 0 Å². The van der Waals surface area contributed by atoms with Crippen molar-refractivity contribution in [2.45, 2.75) is 13.5 Å². The normalized spacial score (nSPS) is 14.8. The van der Waals surface area contributed by atoms with Crippen molar-refractivity contribution in [1.29, 1.82) is 0 Å². The zero-order valence-electron chi connectivity index (χ0n) is 18.2. The Morgan fingerprint density at radius 3 is 2.42 bits per heavy atom. The second kappa shape index (κ2) is 8.34. The van der Waals surface area contributed by atoms with E-state index < -0.39 is 0 Å². The van der Waals surface area contributed by atoms with Gasteiger partial charge in [0.15, 0.2) is 0 Å². The molecule has 1 aliphatic rings. The van der Waals surface area contributed by atoms with Crippen molar-refractivity contribution >= 4 is 33.7 Å². The summed E-state index contributed by atoms with van der Waals surface area (Å²) in [5.74, 6) is 0.930. The van der Waals surface area contributed by atoms with Crippen LogP contribution in [0.4, 0.5) is 5.69 Å². The summed E-state index contributed by atoms with van der Waals surface area (Å²) in [5, 5.41) is 9.54. The van der Waals surface area contributed by atoms with Crippen LogP contribution in [0.15, 0.2) is 71.8 Å². The molecule has 0 saturated carbocycles. The minimum Gasteiger partial charge on any atom is -0.495 e. The third kappa shape index (κ3) is 3.61. The van der Waals surface area contributed by atoms with Crippen LogP contribution in [-0.2, 0) is 6.54 Å². The van der Waals surface area contributed by atoms with Crippen molar-refractivity contribution < 1.29 is 4.74 Å². The van der Waals surface area contributed by atoms with E-state index in [1.54, 1.807) is 7.11 Å². The Labute approximate surface area is 183 Å². The molecule has 0 amide bonds. The Kier molecular flexibility index (Phi) is 5.24. The number of methoxy groups -OCH3 is 1. The highest BCUT2D eigenvalue weighted by Gasteiger charge is 2.18. The van der Waals surface area contributed by atoms with Gasteiger partial charge in [0.25, 0.3) is 0 Å².